The fraction of sp³-hybridized carbons (Fsp3) is 0.362. The van der Waals surface area contributed by atoms with E-state index in [9.17, 15) is 33.3 Å². The lowest BCUT2D eigenvalue weighted by atomic mass is 9.83. The molecule has 4 aliphatic rings. The van der Waals surface area contributed by atoms with E-state index in [1.165, 1.54) is 53.4 Å². The number of benzene rings is 2. The Bertz CT molecular complexity index is 4360. The van der Waals surface area contributed by atoms with Gasteiger partial charge in [0.2, 0.25) is 5.91 Å². The summed E-state index contributed by atoms with van der Waals surface area (Å²) in [6.45, 7) is 7.69. The molecule has 0 radical (unpaired) electrons. The van der Waals surface area contributed by atoms with Gasteiger partial charge in [0, 0.05) is 116 Å². The van der Waals surface area contributed by atoms with E-state index in [2.05, 4.69) is 41.9 Å². The largest absolute Gasteiger partial charge is 0.481 e. The highest BCUT2D eigenvalue weighted by Gasteiger charge is 2.33. The maximum Gasteiger partial charge on any atom is 0.306 e. The number of carboxylic acids is 1. The molecule has 93 heavy (non-hydrogen) atoms. The van der Waals surface area contributed by atoms with Crippen LogP contribution in [0, 0.1) is 46.1 Å². The number of rotatable bonds is 14. The van der Waals surface area contributed by atoms with Crippen LogP contribution in [0.4, 0.5) is 35.1 Å². The Balaban J connectivity index is 0.000000168. The van der Waals surface area contributed by atoms with Gasteiger partial charge in [0.1, 0.15) is 79.5 Å². The number of halogens is 3. The summed E-state index contributed by atoms with van der Waals surface area (Å²) in [5, 5.41) is 32.6. The third-order valence-electron chi connectivity index (χ3n) is 17.7. The smallest absolute Gasteiger partial charge is 0.306 e. The number of nitrogens with zero attached hydrogens (tertiary/aromatic N) is 15. The molecule has 14 rings (SSSR count). The Kier molecular flexibility index (Phi) is 20.1. The minimum absolute atomic E-state index is 0.000000000000000444. The number of anilines is 4. The van der Waals surface area contributed by atoms with Crippen molar-refractivity contribution in [1.82, 2.24) is 58.9 Å². The number of nitrogens with one attached hydrogen (secondary N) is 1. The van der Waals surface area contributed by atoms with Crippen LogP contribution in [0.3, 0.4) is 0 Å². The van der Waals surface area contributed by atoms with Crippen LogP contribution in [0.2, 0.25) is 0 Å². The van der Waals surface area contributed by atoms with Crippen molar-refractivity contribution in [2.75, 3.05) is 57.2 Å². The van der Waals surface area contributed by atoms with Crippen molar-refractivity contribution in [1.29, 1.82) is 10.5 Å². The molecule has 2 N–H and O–H groups in total. The molecule has 24 heteroatoms. The van der Waals surface area contributed by atoms with Gasteiger partial charge < -0.3 is 25.1 Å². The first-order valence-corrected chi connectivity index (χ1v) is 32.9. The topological polar surface area (TPSA) is 236 Å². The number of hydrogen-bond donors (Lipinski definition) is 2. The average molecular weight is 1290 g/mol. The maximum atomic E-state index is 13.5. The highest BCUT2D eigenvalue weighted by atomic mass is 32.1. The highest BCUT2D eigenvalue weighted by molar-refractivity contribution is 7.17. The van der Waals surface area contributed by atoms with Crippen molar-refractivity contribution in [3.63, 3.8) is 0 Å². The molecule has 0 bridgehead atoms. The Morgan fingerprint density at radius 1 is 0.602 bits per heavy atom. The van der Waals surface area contributed by atoms with Crippen molar-refractivity contribution < 1.29 is 29.2 Å². The molecule has 0 unspecified atom stereocenters. The molecular formula is C69H71F3N16O3S2. The van der Waals surface area contributed by atoms with Crippen LogP contribution < -0.4 is 15.1 Å². The first kappa shape index (κ1) is 63.6. The summed E-state index contributed by atoms with van der Waals surface area (Å²) >= 11 is 2.60. The molecule has 10 heterocycles. The van der Waals surface area contributed by atoms with Crippen molar-refractivity contribution in [2.45, 2.75) is 103 Å². The summed E-state index contributed by atoms with van der Waals surface area (Å²) in [5.74, 6) is 3.43. The number of alkyl halides is 1. The lowest BCUT2D eigenvalue weighted by molar-refractivity contribution is -0.144. The van der Waals surface area contributed by atoms with Gasteiger partial charge >= 0.3 is 5.97 Å². The van der Waals surface area contributed by atoms with Crippen molar-refractivity contribution in [3.8, 4) is 56.9 Å². The molecule has 478 valence electrons. The number of amides is 1. The van der Waals surface area contributed by atoms with Gasteiger partial charge in [-0.25, -0.2) is 48.7 Å². The van der Waals surface area contributed by atoms with E-state index < -0.39 is 13.1 Å². The predicted molar refractivity (Wildman–Crippen MR) is 355 cm³/mol. The van der Waals surface area contributed by atoms with Gasteiger partial charge in [0.15, 0.2) is 10.3 Å². The van der Waals surface area contributed by atoms with Gasteiger partial charge in [0.25, 0.3) is 0 Å². The number of likely N-dealkylation sites (tertiary alicyclic amines) is 1. The molecular weight excluding hydrogens is 1220 g/mol. The molecule has 0 spiro atoms. The molecule has 2 aromatic carbocycles. The zero-order valence-corrected chi connectivity index (χ0v) is 53.8. The van der Waals surface area contributed by atoms with Crippen LogP contribution in [-0.4, -0.2) is 118 Å². The predicted octanol–water partition coefficient (Wildman–Crippen LogP) is 13.9. The molecule has 4 fully saturated rings. The van der Waals surface area contributed by atoms with E-state index in [0.717, 1.165) is 159 Å². The normalized spacial score (nSPS) is 15.2. The lowest BCUT2D eigenvalue weighted by Gasteiger charge is -2.36. The summed E-state index contributed by atoms with van der Waals surface area (Å²) in [7, 11) is 2.85. The number of thiazole rings is 2. The second kappa shape index (κ2) is 29.4. The van der Waals surface area contributed by atoms with Gasteiger partial charge in [0.05, 0.1) is 25.8 Å². The van der Waals surface area contributed by atoms with E-state index in [4.69, 9.17) is 46.3 Å². The fourth-order valence-electron chi connectivity index (χ4n) is 11.9. The summed E-state index contributed by atoms with van der Waals surface area (Å²) in [6, 6.07) is 24.6. The van der Waals surface area contributed by atoms with E-state index in [1.807, 2.05) is 88.4 Å². The maximum absolute atomic E-state index is 13.5. The number of carboxylic acid groups (broad SMARTS) is 1. The second-order valence-electron chi connectivity index (χ2n) is 23.3. The van der Waals surface area contributed by atoms with Crippen LogP contribution >= 0.6 is 22.7 Å². The van der Waals surface area contributed by atoms with E-state index in [0.29, 0.717) is 60.8 Å². The monoisotopic (exact) mass is 1290 g/mol. The first-order valence-electron chi connectivity index (χ1n) is 32.0. The number of fused-ring (bicyclic) bond motifs is 2. The minimum Gasteiger partial charge on any atom is -0.481 e. The minimum atomic E-state index is -1.00. The summed E-state index contributed by atoms with van der Waals surface area (Å²) in [6.07, 6.45) is 23.1. The van der Waals surface area contributed by atoms with Gasteiger partial charge in [-0.3, -0.25) is 22.8 Å². The van der Waals surface area contributed by atoms with Gasteiger partial charge in [-0.1, -0.05) is 49.4 Å². The van der Waals surface area contributed by atoms with Crippen molar-refractivity contribution >= 4 is 67.7 Å². The third kappa shape index (κ3) is 14.1. The van der Waals surface area contributed by atoms with Gasteiger partial charge in [-0.15, -0.1) is 0 Å². The standard InChI is InChI=1S/C34H33FN8OS.C29H27FN8S.C5H8O2.CH3F/c1-3-27-32(41(2)34-40-30(28(17-36)45-34)21-7-10-26(35)11-8-21)43-20-24(9-12-29(43)39-27)25-18-37-31(38-19-25)22-13-15-42(16-14-22)33(44)23-5-4-6-23;1-3-23-28(37(2)29-36-26(24(14-31)39-29)18-4-7-22(30)8-5-18)38-17-20(6-9-25(38)35-23)21-15-33-27(34-16-21)19-10-12-32-13-11-19;6-5(7)4-2-1-3-4;1-2/h7-12,18-20,22-23H,3-6,13-16H2,1-2H3;4-9,15-17,19,32H,3,10-13H2,1-2H3;4H,1-3H2,(H,6,7);1H3/i;;;1D. The van der Waals surface area contributed by atoms with Crippen LogP contribution in [0.15, 0.2) is 110 Å². The molecule has 2 saturated carbocycles. The van der Waals surface area contributed by atoms with E-state index >= 15 is 0 Å². The number of aryl methyl sites for hydroxylation is 2. The number of hydrogen-bond acceptors (Lipinski definition) is 17. The fourth-order valence-corrected chi connectivity index (χ4v) is 13.6. The SMILES string of the molecule is CCc1nc2ccc(-c3cnc(C4CCN(C(=O)C5CCC5)CC4)nc3)cn2c1N(C)c1nc(-c2ccc(F)cc2)c(C#N)s1.CCc1nc2ccc(-c3cnc(C4CCNCC4)nc3)cn2c1N(C)c1nc(-c2ccc(F)cc2)c(C#N)s1.O=C(O)C1CCC1.[2H]CF. The number of pyridine rings is 2. The molecule has 1 amide bonds. The summed E-state index contributed by atoms with van der Waals surface area (Å²) in [4.78, 5) is 67.8. The zero-order chi connectivity index (χ0) is 66.0. The van der Waals surface area contributed by atoms with Crippen molar-refractivity contribution in [2.24, 2.45) is 11.8 Å². The van der Waals surface area contributed by atoms with E-state index in [1.54, 1.807) is 24.3 Å². The van der Waals surface area contributed by atoms with E-state index in [-0.39, 0.29) is 29.4 Å². The Morgan fingerprint density at radius 3 is 1.35 bits per heavy atom. The molecule has 2 saturated heterocycles. The molecule has 19 nitrogen and oxygen atoms in total. The van der Waals surface area contributed by atoms with Crippen LogP contribution in [0.1, 0.15) is 124 Å². The second-order valence-corrected chi connectivity index (χ2v) is 25.3. The summed E-state index contributed by atoms with van der Waals surface area (Å²) < 4.78 is 46.6. The van der Waals surface area contributed by atoms with Gasteiger partial charge in [-0.2, -0.15) is 10.5 Å². The number of carbonyl (C=O) groups is 2. The van der Waals surface area contributed by atoms with Crippen molar-refractivity contribution in [3.05, 3.63) is 154 Å². The quantitative estimate of drug-likeness (QED) is 0.103. The highest BCUT2D eigenvalue weighted by Crippen LogP contribution is 2.40. The molecule has 8 aromatic heterocycles. The van der Waals surface area contributed by atoms with Crippen LogP contribution in [-0.2, 0) is 22.4 Å². The number of nitriles is 2. The number of aliphatic carboxylic acids is 1. The Labute approximate surface area is 546 Å². The number of piperidine rings is 2. The molecule has 2 aliphatic carbocycles. The average Bonchev–Trinajstić information content (AvgIpc) is 1.61. The number of carbonyl (C=O) groups excluding carboxylic acids is 1. The van der Waals surface area contributed by atoms with Crippen LogP contribution in [0.25, 0.3) is 56.1 Å². The van der Waals surface area contributed by atoms with Crippen LogP contribution in [0.5, 0.6) is 0 Å². The Morgan fingerprint density at radius 2 is 1.00 bits per heavy atom. The van der Waals surface area contributed by atoms with Gasteiger partial charge in [-0.05, 0) is 150 Å². The Hall–Kier alpha value is -9.49. The third-order valence-corrected chi connectivity index (χ3v) is 19.7. The summed E-state index contributed by atoms with van der Waals surface area (Å²) in [5.41, 5.74) is 9.69. The molecule has 0 atom stereocenters. The first-order chi connectivity index (χ1) is 45.7. The zero-order valence-electron chi connectivity index (χ0n) is 53.1. The molecule has 10 aromatic rings. The number of aromatic nitrogens is 10. The number of imidazole rings is 2. The molecule has 2 aliphatic heterocycles. The lowest BCUT2D eigenvalue weighted by Crippen LogP contribution is -2.43.